The van der Waals surface area contributed by atoms with Gasteiger partial charge in [-0.1, -0.05) is 18.7 Å². The van der Waals surface area contributed by atoms with Gasteiger partial charge in [0.05, 0.1) is 6.54 Å². The number of thioether (sulfide) groups is 1. The van der Waals surface area contributed by atoms with Gasteiger partial charge in [-0.2, -0.15) is 13.2 Å². The maximum Gasteiger partial charge on any atom is 0.389 e. The van der Waals surface area contributed by atoms with Crippen LogP contribution in [0, 0.1) is 0 Å². The second kappa shape index (κ2) is 6.98. The normalized spacial score (nSPS) is 12.1. The Morgan fingerprint density at radius 2 is 2.06 bits per heavy atom. The van der Waals surface area contributed by atoms with Crippen molar-refractivity contribution < 1.29 is 13.2 Å². The molecule has 8 heteroatoms. The van der Waals surface area contributed by atoms with Crippen molar-refractivity contribution in [2.24, 2.45) is 5.73 Å². The zero-order valence-electron chi connectivity index (χ0n) is 10.2. The largest absolute Gasteiger partial charge is 0.389 e. The number of halogens is 3. The molecule has 0 bridgehead atoms. The van der Waals surface area contributed by atoms with Gasteiger partial charge in [0.25, 0.3) is 0 Å². The van der Waals surface area contributed by atoms with Crippen molar-refractivity contribution in [3.05, 3.63) is 5.82 Å². The number of alkyl halides is 3. The summed E-state index contributed by atoms with van der Waals surface area (Å²) in [6.07, 6.45) is -3.85. The first-order valence-electron chi connectivity index (χ1n) is 5.79. The molecule has 1 rings (SSSR count). The van der Waals surface area contributed by atoms with E-state index in [9.17, 15) is 13.2 Å². The van der Waals surface area contributed by atoms with Crippen molar-refractivity contribution in [2.45, 2.75) is 50.6 Å². The quantitative estimate of drug-likeness (QED) is 0.617. The minimum atomic E-state index is -4.08. The molecule has 1 heterocycles. The Morgan fingerprint density at radius 3 is 2.61 bits per heavy atom. The van der Waals surface area contributed by atoms with Gasteiger partial charge in [0.2, 0.25) is 0 Å². The predicted molar refractivity (Wildman–Crippen MR) is 64.2 cm³/mol. The van der Waals surface area contributed by atoms with Gasteiger partial charge in [-0.3, -0.25) is 0 Å². The van der Waals surface area contributed by atoms with Crippen LogP contribution in [0.3, 0.4) is 0 Å². The third kappa shape index (κ3) is 4.85. The van der Waals surface area contributed by atoms with E-state index in [1.807, 2.05) is 11.5 Å². The molecular weight excluding hydrogens is 265 g/mol. The maximum atomic E-state index is 12.0. The summed E-state index contributed by atoms with van der Waals surface area (Å²) in [5.74, 6) is 1.06. The molecule has 0 fully saturated rings. The van der Waals surface area contributed by atoms with Crippen LogP contribution in [0.1, 0.15) is 32.0 Å². The summed E-state index contributed by atoms with van der Waals surface area (Å²) in [5.41, 5.74) is 5.52. The topological polar surface area (TPSA) is 56.7 Å². The van der Waals surface area contributed by atoms with Crippen LogP contribution in [-0.4, -0.2) is 26.7 Å². The molecule has 0 aliphatic carbocycles. The highest BCUT2D eigenvalue weighted by atomic mass is 32.2. The summed E-state index contributed by atoms with van der Waals surface area (Å²) in [4.78, 5) is 0. The second-order valence-electron chi connectivity index (χ2n) is 3.82. The highest BCUT2D eigenvalue weighted by molar-refractivity contribution is 7.99. The van der Waals surface area contributed by atoms with E-state index in [0.29, 0.717) is 16.7 Å². The number of aromatic nitrogens is 3. The van der Waals surface area contributed by atoms with Crippen molar-refractivity contribution in [1.29, 1.82) is 0 Å². The molecule has 0 aliphatic heterocycles. The molecule has 0 amide bonds. The molecule has 0 aliphatic rings. The second-order valence-corrected chi connectivity index (χ2v) is 4.88. The molecule has 1 aromatic heterocycles. The smallest absolute Gasteiger partial charge is 0.324 e. The van der Waals surface area contributed by atoms with Crippen LogP contribution in [0.25, 0.3) is 0 Å². The van der Waals surface area contributed by atoms with Gasteiger partial charge < -0.3 is 10.3 Å². The molecule has 18 heavy (non-hydrogen) atoms. The SMILES string of the molecule is CCCn1c(CN)nnc1SCCCC(F)(F)F. The van der Waals surface area contributed by atoms with Crippen LogP contribution in [0.4, 0.5) is 13.2 Å². The lowest BCUT2D eigenvalue weighted by Gasteiger charge is -2.08. The van der Waals surface area contributed by atoms with Gasteiger partial charge in [-0.15, -0.1) is 10.2 Å². The lowest BCUT2D eigenvalue weighted by molar-refractivity contribution is -0.134. The number of hydrogen-bond donors (Lipinski definition) is 1. The van der Waals surface area contributed by atoms with E-state index in [4.69, 9.17) is 5.73 Å². The average molecular weight is 282 g/mol. The Morgan fingerprint density at radius 1 is 1.33 bits per heavy atom. The molecule has 0 unspecified atom stereocenters. The van der Waals surface area contributed by atoms with Gasteiger partial charge in [0.1, 0.15) is 5.82 Å². The van der Waals surface area contributed by atoms with Crippen LogP contribution in [0.5, 0.6) is 0 Å². The van der Waals surface area contributed by atoms with Gasteiger partial charge >= 0.3 is 6.18 Å². The number of rotatable bonds is 7. The lowest BCUT2D eigenvalue weighted by atomic mass is 10.3. The van der Waals surface area contributed by atoms with E-state index in [2.05, 4.69) is 10.2 Å². The monoisotopic (exact) mass is 282 g/mol. The standard InChI is InChI=1S/C10H17F3N4S/c1-2-5-17-8(7-14)15-16-9(17)18-6-3-4-10(11,12)13/h2-7,14H2,1H3. The number of nitrogens with two attached hydrogens (primary N) is 1. The predicted octanol–water partition coefficient (Wildman–Crippen LogP) is 2.58. The first-order valence-corrected chi connectivity index (χ1v) is 6.78. The Kier molecular flexibility index (Phi) is 5.94. The van der Waals surface area contributed by atoms with Crippen LogP contribution < -0.4 is 5.73 Å². The zero-order chi connectivity index (χ0) is 13.6. The van der Waals surface area contributed by atoms with E-state index < -0.39 is 12.6 Å². The highest BCUT2D eigenvalue weighted by Gasteiger charge is 2.26. The van der Waals surface area contributed by atoms with Crippen molar-refractivity contribution in [2.75, 3.05) is 5.75 Å². The molecule has 0 spiro atoms. The van der Waals surface area contributed by atoms with Crippen LogP contribution >= 0.6 is 11.8 Å². The zero-order valence-corrected chi connectivity index (χ0v) is 11.0. The summed E-state index contributed by atoms with van der Waals surface area (Å²) < 4.78 is 37.8. The third-order valence-electron chi connectivity index (χ3n) is 2.26. The van der Waals surface area contributed by atoms with E-state index in [1.165, 1.54) is 11.8 Å². The highest BCUT2D eigenvalue weighted by Crippen LogP contribution is 2.25. The van der Waals surface area contributed by atoms with Crippen molar-refractivity contribution >= 4 is 11.8 Å². The first-order chi connectivity index (χ1) is 8.48. The van der Waals surface area contributed by atoms with Gasteiger partial charge in [-0.25, -0.2) is 0 Å². The Hall–Kier alpha value is -0.760. The maximum absolute atomic E-state index is 12.0. The fraction of sp³-hybridized carbons (Fsp3) is 0.800. The fourth-order valence-electron chi connectivity index (χ4n) is 1.46. The van der Waals surface area contributed by atoms with Gasteiger partial charge in [-0.05, 0) is 12.8 Å². The summed E-state index contributed by atoms with van der Waals surface area (Å²) in [6, 6.07) is 0. The lowest BCUT2D eigenvalue weighted by Crippen LogP contribution is -2.10. The molecular formula is C10H17F3N4S. The van der Waals surface area contributed by atoms with Crippen LogP contribution in [0.2, 0.25) is 0 Å². The van der Waals surface area contributed by atoms with Crippen molar-refractivity contribution in [3.63, 3.8) is 0 Å². The van der Waals surface area contributed by atoms with E-state index in [-0.39, 0.29) is 13.0 Å². The average Bonchev–Trinajstić information content (AvgIpc) is 2.66. The number of nitrogens with zero attached hydrogens (tertiary/aromatic N) is 3. The molecule has 0 aromatic carbocycles. The van der Waals surface area contributed by atoms with Crippen molar-refractivity contribution in [1.82, 2.24) is 14.8 Å². The third-order valence-corrected chi connectivity index (χ3v) is 3.31. The molecule has 0 radical (unpaired) electrons. The van der Waals surface area contributed by atoms with E-state index in [0.717, 1.165) is 13.0 Å². The Labute approximate surface area is 108 Å². The summed E-state index contributed by atoms with van der Waals surface area (Å²) in [7, 11) is 0. The minimum absolute atomic E-state index is 0.0884. The molecule has 104 valence electrons. The van der Waals surface area contributed by atoms with E-state index >= 15 is 0 Å². The first kappa shape index (κ1) is 15.3. The molecule has 2 N–H and O–H groups in total. The molecule has 0 saturated carbocycles. The fourth-order valence-corrected chi connectivity index (χ4v) is 2.38. The minimum Gasteiger partial charge on any atom is -0.324 e. The molecule has 0 saturated heterocycles. The van der Waals surface area contributed by atoms with Crippen LogP contribution in [-0.2, 0) is 13.1 Å². The molecule has 0 atom stereocenters. The van der Waals surface area contributed by atoms with E-state index in [1.54, 1.807) is 0 Å². The Balaban J connectivity index is 2.49. The van der Waals surface area contributed by atoms with Gasteiger partial charge in [0, 0.05) is 18.7 Å². The van der Waals surface area contributed by atoms with Crippen molar-refractivity contribution in [3.8, 4) is 0 Å². The summed E-state index contributed by atoms with van der Waals surface area (Å²) in [5, 5.41) is 8.53. The summed E-state index contributed by atoms with van der Waals surface area (Å²) >= 11 is 1.30. The molecule has 4 nitrogen and oxygen atoms in total. The summed E-state index contributed by atoms with van der Waals surface area (Å²) in [6.45, 7) is 3.04. The van der Waals surface area contributed by atoms with Crippen LogP contribution in [0.15, 0.2) is 5.16 Å². The number of hydrogen-bond acceptors (Lipinski definition) is 4. The molecule has 1 aromatic rings. The Bertz CT molecular complexity index is 364. The van der Waals surface area contributed by atoms with Gasteiger partial charge in [0.15, 0.2) is 5.16 Å².